The van der Waals surface area contributed by atoms with E-state index in [2.05, 4.69) is 14.7 Å². The number of fused-ring (bicyclic) bond motifs is 1. The number of para-hydroxylation sites is 1. The van der Waals surface area contributed by atoms with Crippen LogP contribution in [-0.2, 0) is 14.8 Å². The molecule has 0 fully saturated rings. The Bertz CT molecular complexity index is 1110. The van der Waals surface area contributed by atoms with Crippen LogP contribution in [0.15, 0.2) is 53.6 Å². The SMILES string of the molecule is COc1ccccc1C(CNS(=O)(=O)c1ccc2nc(Cl)cnc2c1)OC(C)C. The zero-order chi connectivity index (χ0) is 21.0. The van der Waals surface area contributed by atoms with Gasteiger partial charge < -0.3 is 9.47 Å². The third kappa shape index (κ3) is 5.22. The number of aromatic nitrogens is 2. The summed E-state index contributed by atoms with van der Waals surface area (Å²) >= 11 is 5.83. The lowest BCUT2D eigenvalue weighted by atomic mass is 10.1. The van der Waals surface area contributed by atoms with Crippen molar-refractivity contribution in [2.45, 2.75) is 31.0 Å². The molecule has 0 radical (unpaired) electrons. The van der Waals surface area contributed by atoms with E-state index in [9.17, 15) is 8.42 Å². The van der Waals surface area contributed by atoms with Gasteiger partial charge in [-0.25, -0.2) is 18.1 Å². The van der Waals surface area contributed by atoms with E-state index in [1.54, 1.807) is 13.2 Å². The number of nitrogens with one attached hydrogen (secondary N) is 1. The number of nitrogens with zero attached hydrogens (tertiary/aromatic N) is 2. The summed E-state index contributed by atoms with van der Waals surface area (Å²) in [5, 5.41) is 0.247. The maximum atomic E-state index is 12.8. The molecule has 1 heterocycles. The Labute approximate surface area is 175 Å². The summed E-state index contributed by atoms with van der Waals surface area (Å²) in [6.45, 7) is 3.83. The Balaban J connectivity index is 1.85. The van der Waals surface area contributed by atoms with Crippen LogP contribution in [0.1, 0.15) is 25.5 Å². The van der Waals surface area contributed by atoms with E-state index in [1.165, 1.54) is 18.3 Å². The predicted molar refractivity (Wildman–Crippen MR) is 112 cm³/mol. The van der Waals surface area contributed by atoms with E-state index in [-0.39, 0.29) is 22.7 Å². The summed E-state index contributed by atoms with van der Waals surface area (Å²) in [6.07, 6.45) is 0.761. The Kier molecular flexibility index (Phi) is 6.69. The highest BCUT2D eigenvalue weighted by molar-refractivity contribution is 7.89. The van der Waals surface area contributed by atoms with Gasteiger partial charge in [-0.1, -0.05) is 29.8 Å². The van der Waals surface area contributed by atoms with Crippen molar-refractivity contribution in [3.8, 4) is 5.75 Å². The van der Waals surface area contributed by atoms with Crippen LogP contribution in [-0.4, -0.2) is 38.1 Å². The van der Waals surface area contributed by atoms with Gasteiger partial charge in [0.15, 0.2) is 0 Å². The van der Waals surface area contributed by atoms with Crippen LogP contribution in [0.5, 0.6) is 5.75 Å². The molecule has 9 heteroatoms. The fourth-order valence-corrected chi connectivity index (χ4v) is 4.09. The first-order chi connectivity index (χ1) is 13.8. The van der Waals surface area contributed by atoms with E-state index in [4.69, 9.17) is 21.1 Å². The van der Waals surface area contributed by atoms with E-state index in [0.717, 1.165) is 5.56 Å². The van der Waals surface area contributed by atoms with Gasteiger partial charge in [-0.15, -0.1) is 0 Å². The summed E-state index contributed by atoms with van der Waals surface area (Å²) in [5.41, 5.74) is 1.73. The van der Waals surface area contributed by atoms with Gasteiger partial charge in [0.1, 0.15) is 10.9 Å². The minimum absolute atomic E-state index is 0.0468. The van der Waals surface area contributed by atoms with Crippen LogP contribution in [0.25, 0.3) is 11.0 Å². The zero-order valence-electron chi connectivity index (χ0n) is 16.3. The molecular formula is C20H22ClN3O4S. The minimum atomic E-state index is -3.79. The molecule has 3 rings (SSSR count). The van der Waals surface area contributed by atoms with E-state index in [0.29, 0.717) is 16.8 Å². The Morgan fingerprint density at radius 3 is 2.62 bits per heavy atom. The Morgan fingerprint density at radius 1 is 1.14 bits per heavy atom. The standard InChI is InChI=1S/C20H22ClN3O4S/c1-13(2)28-19(15-6-4-5-7-18(15)27-3)11-23-29(25,26)14-8-9-16-17(10-14)22-12-20(21)24-16/h4-10,12-13,19,23H,11H2,1-3H3. The summed E-state index contributed by atoms with van der Waals surface area (Å²) < 4.78 is 39.7. The quantitative estimate of drug-likeness (QED) is 0.579. The monoisotopic (exact) mass is 435 g/mol. The first kappa shape index (κ1) is 21.4. The number of hydrogen-bond acceptors (Lipinski definition) is 6. The fraction of sp³-hybridized carbons (Fsp3) is 0.300. The molecule has 0 aliphatic heterocycles. The molecule has 0 amide bonds. The van der Waals surface area contributed by atoms with Crippen molar-refractivity contribution in [2.75, 3.05) is 13.7 Å². The molecule has 1 atom stereocenters. The Hall–Kier alpha value is -2.26. The smallest absolute Gasteiger partial charge is 0.240 e. The Morgan fingerprint density at radius 2 is 1.90 bits per heavy atom. The molecule has 154 valence electrons. The molecule has 1 unspecified atom stereocenters. The van der Waals surface area contributed by atoms with Gasteiger partial charge in [-0.3, -0.25) is 4.98 Å². The largest absolute Gasteiger partial charge is 0.496 e. The fourth-order valence-electron chi connectivity index (χ4n) is 2.90. The number of halogens is 1. The lowest BCUT2D eigenvalue weighted by Crippen LogP contribution is -2.30. The molecule has 0 aliphatic rings. The van der Waals surface area contributed by atoms with Crippen molar-refractivity contribution < 1.29 is 17.9 Å². The number of sulfonamides is 1. The number of hydrogen-bond donors (Lipinski definition) is 1. The summed E-state index contributed by atoms with van der Waals surface area (Å²) in [6, 6.07) is 11.9. The van der Waals surface area contributed by atoms with Crippen LogP contribution < -0.4 is 9.46 Å². The van der Waals surface area contributed by atoms with Crippen molar-refractivity contribution in [2.24, 2.45) is 0 Å². The molecule has 0 spiro atoms. The average Bonchev–Trinajstić information content (AvgIpc) is 2.70. The van der Waals surface area contributed by atoms with Crippen LogP contribution >= 0.6 is 11.6 Å². The third-order valence-electron chi connectivity index (χ3n) is 4.18. The maximum absolute atomic E-state index is 12.8. The van der Waals surface area contributed by atoms with Crippen LogP contribution in [0.4, 0.5) is 0 Å². The van der Waals surface area contributed by atoms with Gasteiger partial charge in [0, 0.05) is 12.1 Å². The van der Waals surface area contributed by atoms with Crippen LogP contribution in [0, 0.1) is 0 Å². The first-order valence-electron chi connectivity index (χ1n) is 9.00. The van der Waals surface area contributed by atoms with Crippen molar-refractivity contribution in [1.82, 2.24) is 14.7 Å². The maximum Gasteiger partial charge on any atom is 0.240 e. The highest BCUT2D eigenvalue weighted by Gasteiger charge is 2.22. The molecule has 2 aromatic carbocycles. The van der Waals surface area contributed by atoms with E-state index >= 15 is 0 Å². The molecule has 3 aromatic rings. The van der Waals surface area contributed by atoms with Crippen molar-refractivity contribution >= 4 is 32.7 Å². The van der Waals surface area contributed by atoms with Gasteiger partial charge in [-0.2, -0.15) is 0 Å². The number of ether oxygens (including phenoxy) is 2. The average molecular weight is 436 g/mol. The normalized spacial score (nSPS) is 13.0. The second-order valence-electron chi connectivity index (χ2n) is 6.61. The highest BCUT2D eigenvalue weighted by Crippen LogP contribution is 2.28. The number of rotatable bonds is 8. The summed E-state index contributed by atoms with van der Waals surface area (Å²) in [4.78, 5) is 8.34. The topological polar surface area (TPSA) is 90.4 Å². The van der Waals surface area contributed by atoms with Crippen molar-refractivity contribution in [3.63, 3.8) is 0 Å². The zero-order valence-corrected chi connectivity index (χ0v) is 17.9. The van der Waals surface area contributed by atoms with Crippen molar-refractivity contribution in [1.29, 1.82) is 0 Å². The molecule has 0 saturated carbocycles. The summed E-state index contributed by atoms with van der Waals surface area (Å²) in [7, 11) is -2.22. The van der Waals surface area contributed by atoms with Gasteiger partial charge in [0.25, 0.3) is 0 Å². The van der Waals surface area contributed by atoms with Crippen LogP contribution in [0.2, 0.25) is 5.15 Å². The van der Waals surface area contributed by atoms with E-state index in [1.807, 2.05) is 38.1 Å². The molecule has 1 N–H and O–H groups in total. The lowest BCUT2D eigenvalue weighted by molar-refractivity contribution is 0.00873. The molecule has 0 bridgehead atoms. The number of methoxy groups -OCH3 is 1. The first-order valence-corrected chi connectivity index (χ1v) is 10.9. The van der Waals surface area contributed by atoms with Gasteiger partial charge in [0.2, 0.25) is 10.0 Å². The van der Waals surface area contributed by atoms with E-state index < -0.39 is 16.1 Å². The molecule has 7 nitrogen and oxygen atoms in total. The molecular weight excluding hydrogens is 414 g/mol. The van der Waals surface area contributed by atoms with Crippen molar-refractivity contribution in [3.05, 3.63) is 59.4 Å². The predicted octanol–water partition coefficient (Wildman–Crippen LogP) is 3.74. The molecule has 0 saturated heterocycles. The van der Waals surface area contributed by atoms with Crippen LogP contribution in [0.3, 0.4) is 0 Å². The van der Waals surface area contributed by atoms with Gasteiger partial charge in [0.05, 0.1) is 41.4 Å². The van der Waals surface area contributed by atoms with Gasteiger partial charge in [-0.05, 0) is 38.1 Å². The second kappa shape index (κ2) is 9.04. The number of benzene rings is 2. The minimum Gasteiger partial charge on any atom is -0.496 e. The molecule has 1 aromatic heterocycles. The molecule has 29 heavy (non-hydrogen) atoms. The third-order valence-corrected chi connectivity index (χ3v) is 5.78. The summed E-state index contributed by atoms with van der Waals surface area (Å²) in [5.74, 6) is 0.634. The second-order valence-corrected chi connectivity index (χ2v) is 8.76. The highest BCUT2D eigenvalue weighted by atomic mass is 35.5. The van der Waals surface area contributed by atoms with Gasteiger partial charge >= 0.3 is 0 Å². The molecule has 0 aliphatic carbocycles. The lowest BCUT2D eigenvalue weighted by Gasteiger charge is -2.23.